The maximum Gasteiger partial charge on any atom is 0.122 e. The smallest absolute Gasteiger partial charge is 0.122 e. The third kappa shape index (κ3) is 2.25. The lowest BCUT2D eigenvalue weighted by atomic mass is 9.89. The molecule has 18 heavy (non-hydrogen) atoms. The fraction of sp³-hybridized carbons (Fsp3) is 0.600. The van der Waals surface area contributed by atoms with Gasteiger partial charge in [0.2, 0.25) is 0 Å². The van der Waals surface area contributed by atoms with E-state index in [0.29, 0.717) is 6.04 Å². The molecular weight excluding hydrogens is 224 g/mol. The molecule has 0 bridgehead atoms. The van der Waals surface area contributed by atoms with E-state index in [4.69, 9.17) is 10.5 Å². The zero-order valence-corrected chi connectivity index (χ0v) is 11.6. The molecule has 0 spiro atoms. The summed E-state index contributed by atoms with van der Waals surface area (Å²) in [5.41, 5.74) is 8.82. The van der Waals surface area contributed by atoms with Gasteiger partial charge in [-0.05, 0) is 50.0 Å². The van der Waals surface area contributed by atoms with Crippen LogP contribution in [-0.4, -0.2) is 20.7 Å². The van der Waals surface area contributed by atoms with Gasteiger partial charge in [0.1, 0.15) is 5.75 Å². The molecule has 1 unspecified atom stereocenters. The Kier molecular flexibility index (Phi) is 3.93. The van der Waals surface area contributed by atoms with Gasteiger partial charge in [0.15, 0.2) is 0 Å². The van der Waals surface area contributed by atoms with Crippen LogP contribution in [0.4, 0.5) is 0 Å². The predicted molar refractivity (Wildman–Crippen MR) is 74.9 cm³/mol. The minimum absolute atomic E-state index is 0.272. The van der Waals surface area contributed by atoms with E-state index in [9.17, 15) is 0 Å². The van der Waals surface area contributed by atoms with Crippen molar-refractivity contribution < 1.29 is 4.74 Å². The number of hydrogen-bond donors (Lipinski definition) is 2. The Morgan fingerprint density at radius 1 is 1.44 bits per heavy atom. The molecule has 1 atom stereocenters. The summed E-state index contributed by atoms with van der Waals surface area (Å²) in [4.78, 5) is 0. The zero-order chi connectivity index (χ0) is 13.2. The van der Waals surface area contributed by atoms with Crippen LogP contribution in [0.1, 0.15) is 36.9 Å². The topological polar surface area (TPSA) is 47.3 Å². The normalized spacial score (nSPS) is 18.4. The number of rotatable bonds is 6. The second kappa shape index (κ2) is 5.29. The van der Waals surface area contributed by atoms with Gasteiger partial charge in [-0.25, -0.2) is 0 Å². The van der Waals surface area contributed by atoms with Gasteiger partial charge in [0, 0.05) is 11.5 Å². The van der Waals surface area contributed by atoms with E-state index in [1.807, 2.05) is 7.05 Å². The van der Waals surface area contributed by atoms with E-state index in [1.54, 1.807) is 7.11 Å². The quantitative estimate of drug-likeness (QED) is 0.812. The summed E-state index contributed by atoms with van der Waals surface area (Å²) in [6.07, 6.45) is 3.44. The number of nitrogens with two attached hydrogens (primary N) is 1. The third-order valence-corrected chi connectivity index (χ3v) is 4.22. The van der Waals surface area contributed by atoms with Gasteiger partial charge in [0.05, 0.1) is 7.11 Å². The van der Waals surface area contributed by atoms with Crippen LogP contribution in [0.3, 0.4) is 0 Å². The van der Waals surface area contributed by atoms with E-state index < -0.39 is 0 Å². The largest absolute Gasteiger partial charge is 0.496 e. The van der Waals surface area contributed by atoms with Crippen molar-refractivity contribution in [2.24, 2.45) is 11.1 Å². The Bertz CT molecular complexity index is 413. The fourth-order valence-electron chi connectivity index (χ4n) is 2.85. The molecule has 2 rings (SSSR count). The maximum atomic E-state index is 5.94. The van der Waals surface area contributed by atoms with E-state index in [0.717, 1.165) is 18.7 Å². The SMILES string of the molecule is CCc1cc(C(NC)C2(CN)CC2)ccc1OC. The molecular formula is C15H24N2O. The van der Waals surface area contributed by atoms with Crippen LogP contribution >= 0.6 is 0 Å². The van der Waals surface area contributed by atoms with Gasteiger partial charge in [-0.2, -0.15) is 0 Å². The van der Waals surface area contributed by atoms with Gasteiger partial charge in [-0.1, -0.05) is 19.1 Å². The summed E-state index contributed by atoms with van der Waals surface area (Å²) < 4.78 is 5.39. The van der Waals surface area contributed by atoms with E-state index in [1.165, 1.54) is 24.0 Å². The lowest BCUT2D eigenvalue weighted by Gasteiger charge is -2.26. The standard InChI is InChI=1S/C15H24N2O/c1-4-11-9-12(5-6-13(11)18-3)14(17-2)15(10-16)7-8-15/h5-6,9,14,17H,4,7-8,10,16H2,1-3H3. The Morgan fingerprint density at radius 3 is 2.61 bits per heavy atom. The van der Waals surface area contributed by atoms with Crippen molar-refractivity contribution in [3.63, 3.8) is 0 Å². The Labute approximate surface area is 110 Å². The molecule has 3 nitrogen and oxygen atoms in total. The second-order valence-corrected chi connectivity index (χ2v) is 5.21. The summed E-state index contributed by atoms with van der Waals surface area (Å²) in [5.74, 6) is 0.980. The minimum Gasteiger partial charge on any atom is -0.496 e. The number of aryl methyl sites for hydroxylation is 1. The first-order valence-corrected chi connectivity index (χ1v) is 6.75. The minimum atomic E-state index is 0.272. The highest BCUT2D eigenvalue weighted by atomic mass is 16.5. The first-order chi connectivity index (χ1) is 8.70. The summed E-state index contributed by atoms with van der Waals surface area (Å²) in [6.45, 7) is 2.91. The van der Waals surface area contributed by atoms with Crippen LogP contribution < -0.4 is 15.8 Å². The van der Waals surface area contributed by atoms with Gasteiger partial charge >= 0.3 is 0 Å². The van der Waals surface area contributed by atoms with Crippen LogP contribution in [0.5, 0.6) is 5.75 Å². The van der Waals surface area contributed by atoms with Gasteiger partial charge in [-0.15, -0.1) is 0 Å². The molecule has 0 aliphatic heterocycles. The highest BCUT2D eigenvalue weighted by Gasteiger charge is 2.48. The highest BCUT2D eigenvalue weighted by Crippen LogP contribution is 2.54. The van der Waals surface area contributed by atoms with Crippen molar-refractivity contribution >= 4 is 0 Å². The highest BCUT2D eigenvalue weighted by molar-refractivity contribution is 5.39. The molecule has 1 saturated carbocycles. The number of methoxy groups -OCH3 is 1. The van der Waals surface area contributed by atoms with E-state index >= 15 is 0 Å². The van der Waals surface area contributed by atoms with Crippen molar-refractivity contribution in [2.75, 3.05) is 20.7 Å². The molecule has 1 aromatic rings. The third-order valence-electron chi connectivity index (χ3n) is 4.22. The number of hydrogen-bond acceptors (Lipinski definition) is 3. The molecule has 0 saturated heterocycles. The summed E-state index contributed by atoms with van der Waals surface area (Å²) in [7, 11) is 3.75. The van der Waals surface area contributed by atoms with Crippen molar-refractivity contribution in [1.82, 2.24) is 5.32 Å². The van der Waals surface area contributed by atoms with Crippen molar-refractivity contribution in [3.8, 4) is 5.75 Å². The van der Waals surface area contributed by atoms with Crippen molar-refractivity contribution in [1.29, 1.82) is 0 Å². The van der Waals surface area contributed by atoms with Gasteiger partial charge in [0.25, 0.3) is 0 Å². The fourth-order valence-corrected chi connectivity index (χ4v) is 2.85. The average molecular weight is 248 g/mol. The molecule has 0 aromatic heterocycles. The molecule has 3 N–H and O–H groups in total. The number of benzene rings is 1. The molecule has 0 amide bonds. The summed E-state index contributed by atoms with van der Waals surface area (Å²) >= 11 is 0. The Hall–Kier alpha value is -1.06. The van der Waals surface area contributed by atoms with E-state index in [2.05, 4.69) is 30.4 Å². The number of ether oxygens (including phenoxy) is 1. The lowest BCUT2D eigenvalue weighted by Crippen LogP contribution is -2.32. The first kappa shape index (κ1) is 13.4. The molecule has 0 heterocycles. The molecule has 100 valence electrons. The molecule has 1 aliphatic carbocycles. The van der Waals surface area contributed by atoms with Crippen LogP contribution in [0.25, 0.3) is 0 Å². The van der Waals surface area contributed by atoms with Gasteiger partial charge < -0.3 is 15.8 Å². The van der Waals surface area contributed by atoms with E-state index in [-0.39, 0.29) is 5.41 Å². The van der Waals surface area contributed by atoms with Crippen molar-refractivity contribution in [3.05, 3.63) is 29.3 Å². The van der Waals surface area contributed by atoms with Crippen LogP contribution in [0.15, 0.2) is 18.2 Å². The predicted octanol–water partition coefficient (Wildman–Crippen LogP) is 2.26. The molecule has 1 fully saturated rings. The molecule has 1 aliphatic rings. The second-order valence-electron chi connectivity index (χ2n) is 5.21. The van der Waals surface area contributed by atoms with Crippen molar-refractivity contribution in [2.45, 2.75) is 32.2 Å². The zero-order valence-electron chi connectivity index (χ0n) is 11.6. The first-order valence-electron chi connectivity index (χ1n) is 6.75. The van der Waals surface area contributed by atoms with Gasteiger partial charge in [-0.3, -0.25) is 0 Å². The Morgan fingerprint density at radius 2 is 2.17 bits per heavy atom. The van der Waals surface area contributed by atoms with Crippen LogP contribution in [-0.2, 0) is 6.42 Å². The monoisotopic (exact) mass is 248 g/mol. The summed E-state index contributed by atoms with van der Waals surface area (Å²) in [5, 5.41) is 3.44. The number of nitrogens with one attached hydrogen (secondary N) is 1. The van der Waals surface area contributed by atoms with Crippen LogP contribution in [0.2, 0.25) is 0 Å². The molecule has 0 radical (unpaired) electrons. The summed E-state index contributed by atoms with van der Waals surface area (Å²) in [6, 6.07) is 6.86. The molecule has 3 heteroatoms. The molecule has 1 aromatic carbocycles. The van der Waals surface area contributed by atoms with Crippen LogP contribution in [0, 0.1) is 5.41 Å². The average Bonchev–Trinajstić information content (AvgIpc) is 3.20. The maximum absolute atomic E-state index is 5.94. The Balaban J connectivity index is 2.32. The lowest BCUT2D eigenvalue weighted by molar-refractivity contribution is 0.365.